The molecule has 0 fully saturated rings. The molecule has 0 saturated heterocycles. The number of carbonyl (C=O) groups is 2. The average Bonchev–Trinajstić information content (AvgIpc) is 2.44. The molecule has 1 aromatic rings. The van der Waals surface area contributed by atoms with Gasteiger partial charge in [-0.1, -0.05) is 11.6 Å². The molecule has 2 amide bonds. The van der Waals surface area contributed by atoms with Crippen LogP contribution in [0.4, 0.5) is 46.0 Å². The molecule has 1 aromatic carbocycles. The Hall–Kier alpha value is -2.24. The van der Waals surface area contributed by atoms with Gasteiger partial charge in [0.05, 0.1) is 10.7 Å². The van der Waals surface area contributed by atoms with Gasteiger partial charge in [0, 0.05) is 0 Å². The first-order chi connectivity index (χ1) is 11.3. The van der Waals surface area contributed by atoms with E-state index in [4.69, 9.17) is 11.6 Å². The van der Waals surface area contributed by atoms with Crippen molar-refractivity contribution in [1.82, 2.24) is 0 Å². The lowest BCUT2D eigenvalue weighted by atomic mass is 10.3. The van der Waals surface area contributed by atoms with Crippen LogP contribution in [0.15, 0.2) is 18.2 Å². The maximum absolute atomic E-state index is 13.0. The first kappa shape index (κ1) is 20.8. The minimum atomic E-state index is -4.97. The van der Waals surface area contributed by atoms with Crippen molar-refractivity contribution in [3.05, 3.63) is 29.0 Å². The van der Waals surface area contributed by atoms with Crippen LogP contribution in [-0.2, 0) is 9.47 Å². The Morgan fingerprint density at radius 3 is 1.76 bits per heavy atom. The van der Waals surface area contributed by atoms with Gasteiger partial charge in [0.25, 0.3) is 0 Å². The van der Waals surface area contributed by atoms with E-state index < -0.39 is 54.3 Å². The zero-order chi connectivity index (χ0) is 19.4. The second-order valence-electron chi connectivity index (χ2n) is 4.27. The van der Waals surface area contributed by atoms with Crippen molar-refractivity contribution < 1.29 is 49.8 Å². The van der Waals surface area contributed by atoms with Crippen LogP contribution in [0.25, 0.3) is 0 Å². The summed E-state index contributed by atoms with van der Waals surface area (Å²) in [6.45, 7) is -4.26. The quantitative estimate of drug-likeness (QED) is 0.695. The van der Waals surface area contributed by atoms with E-state index in [-0.39, 0.29) is 4.90 Å². The molecule has 0 radical (unpaired) electrons. The Morgan fingerprint density at radius 2 is 1.40 bits per heavy atom. The standard InChI is InChI=1S/C12H7ClF7NO4/c13-7-3-6(14)1-2-8(7)21(9(22)24-4-11(15,16)17)10(23)25-5-12(18,19)20/h1-3H,4-5H2. The zero-order valence-corrected chi connectivity index (χ0v) is 12.5. The van der Waals surface area contributed by atoms with Crippen LogP contribution >= 0.6 is 11.6 Å². The molecule has 0 aliphatic heterocycles. The van der Waals surface area contributed by atoms with E-state index >= 15 is 0 Å². The molecule has 0 aromatic heterocycles. The predicted molar refractivity (Wildman–Crippen MR) is 68.7 cm³/mol. The van der Waals surface area contributed by atoms with Crippen LogP contribution in [0.3, 0.4) is 0 Å². The van der Waals surface area contributed by atoms with Gasteiger partial charge in [-0.25, -0.2) is 14.0 Å². The van der Waals surface area contributed by atoms with Gasteiger partial charge in [-0.15, -0.1) is 0 Å². The van der Waals surface area contributed by atoms with Crippen LogP contribution in [0, 0.1) is 5.82 Å². The van der Waals surface area contributed by atoms with Crippen LogP contribution in [-0.4, -0.2) is 37.8 Å². The van der Waals surface area contributed by atoms with E-state index in [1.165, 1.54) is 0 Å². The van der Waals surface area contributed by atoms with Crippen molar-refractivity contribution in [2.24, 2.45) is 0 Å². The van der Waals surface area contributed by atoms with Gasteiger partial charge in [-0.2, -0.15) is 31.2 Å². The number of ether oxygens (including phenoxy) is 2. The lowest BCUT2D eigenvalue weighted by molar-refractivity contribution is -0.161. The molecule has 0 atom stereocenters. The van der Waals surface area contributed by atoms with E-state index in [9.17, 15) is 40.3 Å². The number of halogens is 8. The minimum Gasteiger partial charge on any atom is -0.439 e. The highest BCUT2D eigenvalue weighted by Crippen LogP contribution is 2.29. The summed E-state index contributed by atoms with van der Waals surface area (Å²) in [6, 6.07) is 1.89. The predicted octanol–water partition coefficient (Wildman–Crippen LogP) is 4.68. The number of anilines is 1. The highest BCUT2D eigenvalue weighted by atomic mass is 35.5. The van der Waals surface area contributed by atoms with Gasteiger partial charge in [0.15, 0.2) is 13.2 Å². The summed E-state index contributed by atoms with van der Waals surface area (Å²) < 4.78 is 93.1. The Balaban J connectivity index is 3.09. The molecule has 0 spiro atoms. The minimum absolute atomic E-state index is 0.320. The maximum Gasteiger partial charge on any atom is 0.424 e. The molecule has 0 aliphatic carbocycles. The molecule has 0 unspecified atom stereocenters. The number of nitrogens with zero attached hydrogens (tertiary/aromatic N) is 1. The Bertz CT molecular complexity index is 617. The average molecular weight is 398 g/mol. The number of benzene rings is 1. The Labute approximate surface area is 139 Å². The fraction of sp³-hybridized carbons (Fsp3) is 0.333. The zero-order valence-electron chi connectivity index (χ0n) is 11.8. The highest BCUT2D eigenvalue weighted by molar-refractivity contribution is 6.34. The third kappa shape index (κ3) is 7.03. The number of hydrogen-bond donors (Lipinski definition) is 0. The van der Waals surface area contributed by atoms with Gasteiger partial charge in [0.2, 0.25) is 0 Å². The topological polar surface area (TPSA) is 55.8 Å². The molecule has 25 heavy (non-hydrogen) atoms. The van der Waals surface area contributed by atoms with Gasteiger partial charge >= 0.3 is 24.5 Å². The highest BCUT2D eigenvalue weighted by Gasteiger charge is 2.36. The second-order valence-corrected chi connectivity index (χ2v) is 4.68. The van der Waals surface area contributed by atoms with E-state index in [1.807, 2.05) is 0 Å². The smallest absolute Gasteiger partial charge is 0.424 e. The van der Waals surface area contributed by atoms with Crippen molar-refractivity contribution in [2.45, 2.75) is 12.4 Å². The molecule has 1 rings (SSSR count). The molecule has 0 heterocycles. The molecular weight excluding hydrogens is 391 g/mol. The monoisotopic (exact) mass is 397 g/mol. The number of imide groups is 1. The van der Waals surface area contributed by atoms with Crippen LogP contribution in [0.5, 0.6) is 0 Å². The maximum atomic E-state index is 13.0. The Morgan fingerprint density at radius 1 is 0.960 bits per heavy atom. The van der Waals surface area contributed by atoms with Gasteiger partial charge in [0.1, 0.15) is 5.82 Å². The number of alkyl halides is 6. The largest absolute Gasteiger partial charge is 0.439 e. The van der Waals surface area contributed by atoms with Gasteiger partial charge in [-0.05, 0) is 18.2 Å². The van der Waals surface area contributed by atoms with Crippen molar-refractivity contribution in [3.63, 3.8) is 0 Å². The number of amides is 2. The molecule has 0 aliphatic rings. The number of hydrogen-bond acceptors (Lipinski definition) is 4. The van der Waals surface area contributed by atoms with Crippen molar-refractivity contribution in [2.75, 3.05) is 18.1 Å². The van der Waals surface area contributed by atoms with E-state index in [1.54, 1.807) is 0 Å². The fourth-order valence-corrected chi connectivity index (χ4v) is 1.60. The van der Waals surface area contributed by atoms with Gasteiger partial charge < -0.3 is 9.47 Å². The third-order valence-electron chi connectivity index (χ3n) is 2.23. The summed E-state index contributed by atoms with van der Waals surface area (Å²) in [7, 11) is 0. The first-order valence-corrected chi connectivity index (χ1v) is 6.40. The van der Waals surface area contributed by atoms with Crippen molar-refractivity contribution in [1.29, 1.82) is 0 Å². The summed E-state index contributed by atoms with van der Waals surface area (Å²) in [4.78, 5) is 23.0. The SMILES string of the molecule is O=C(OCC(F)(F)F)N(C(=O)OCC(F)(F)F)c1ccc(F)cc1Cl. The van der Waals surface area contributed by atoms with E-state index in [0.717, 1.165) is 0 Å². The first-order valence-electron chi connectivity index (χ1n) is 6.02. The number of rotatable bonds is 3. The summed E-state index contributed by atoms with van der Waals surface area (Å²) in [5, 5.41) is -0.659. The molecule has 5 nitrogen and oxygen atoms in total. The normalized spacial score (nSPS) is 11.8. The summed E-state index contributed by atoms with van der Waals surface area (Å²) in [5.41, 5.74) is -0.734. The van der Waals surface area contributed by atoms with Crippen LogP contribution < -0.4 is 4.90 Å². The summed E-state index contributed by atoms with van der Waals surface area (Å²) >= 11 is 5.55. The van der Waals surface area contributed by atoms with E-state index in [2.05, 4.69) is 9.47 Å². The van der Waals surface area contributed by atoms with E-state index in [0.29, 0.717) is 18.2 Å². The molecular formula is C12H7ClF7NO4. The lowest BCUT2D eigenvalue weighted by Crippen LogP contribution is -2.40. The lowest BCUT2D eigenvalue weighted by Gasteiger charge is -2.21. The molecule has 0 bridgehead atoms. The summed E-state index contributed by atoms with van der Waals surface area (Å²) in [5.74, 6) is -0.944. The van der Waals surface area contributed by atoms with Gasteiger partial charge in [-0.3, -0.25) is 0 Å². The molecule has 140 valence electrons. The Kier molecular flexibility index (Phi) is 6.46. The second kappa shape index (κ2) is 7.76. The van der Waals surface area contributed by atoms with Crippen molar-refractivity contribution >= 4 is 29.5 Å². The fourth-order valence-electron chi connectivity index (χ4n) is 1.35. The number of carbonyl (C=O) groups excluding carboxylic acids is 2. The molecule has 0 saturated carbocycles. The van der Waals surface area contributed by atoms with Crippen LogP contribution in [0.1, 0.15) is 0 Å². The molecule has 13 heteroatoms. The summed E-state index contributed by atoms with van der Waals surface area (Å²) in [6.07, 6.45) is -14.0. The molecule has 0 N–H and O–H groups in total. The third-order valence-corrected chi connectivity index (χ3v) is 2.54. The van der Waals surface area contributed by atoms with Crippen molar-refractivity contribution in [3.8, 4) is 0 Å². The van der Waals surface area contributed by atoms with Crippen LogP contribution in [0.2, 0.25) is 5.02 Å².